The summed E-state index contributed by atoms with van der Waals surface area (Å²) in [4.78, 5) is 31.2. The minimum atomic E-state index is -0.382. The van der Waals surface area contributed by atoms with Crippen molar-refractivity contribution in [1.82, 2.24) is 15.4 Å². The average Bonchev–Trinajstić information content (AvgIpc) is 2.55. The van der Waals surface area contributed by atoms with Crippen molar-refractivity contribution in [2.24, 2.45) is 5.84 Å². The zero-order valence-corrected chi connectivity index (χ0v) is 13.6. The minimum absolute atomic E-state index is 0.216. The molecule has 1 amide bonds. The molecule has 1 aromatic heterocycles. The molecule has 0 aliphatic rings. The van der Waals surface area contributed by atoms with E-state index in [4.69, 9.17) is 5.84 Å². The van der Waals surface area contributed by atoms with Crippen LogP contribution in [0, 0.1) is 0 Å². The quantitative estimate of drug-likeness (QED) is 0.371. The van der Waals surface area contributed by atoms with Crippen molar-refractivity contribution in [1.29, 1.82) is 0 Å². The summed E-state index contributed by atoms with van der Waals surface area (Å²) >= 11 is 3.34. The van der Waals surface area contributed by atoms with E-state index < -0.39 is 0 Å². The number of hydrogen-bond donors (Lipinski definition) is 3. The number of nitrogens with two attached hydrogens (primary N) is 1. The van der Waals surface area contributed by atoms with Gasteiger partial charge in [-0.25, -0.2) is 10.8 Å². The fourth-order valence-electron chi connectivity index (χ4n) is 2.40. The van der Waals surface area contributed by atoms with Gasteiger partial charge in [0.25, 0.3) is 11.5 Å². The van der Waals surface area contributed by atoms with Gasteiger partial charge in [-0.15, -0.1) is 0 Å². The largest absolute Gasteiger partial charge is 0.310 e. The fourth-order valence-corrected chi connectivity index (χ4v) is 2.76. The predicted molar refractivity (Wildman–Crippen MR) is 91.0 cm³/mol. The number of H-pyrrole nitrogens is 1. The van der Waals surface area contributed by atoms with E-state index in [2.05, 4.69) is 31.3 Å². The first-order chi connectivity index (χ1) is 11.1. The molecule has 116 valence electrons. The number of rotatable bonds is 3. The maximum atomic E-state index is 12.2. The molecule has 0 aliphatic heterocycles. The van der Waals surface area contributed by atoms with Crippen LogP contribution in [0.15, 0.2) is 51.7 Å². The van der Waals surface area contributed by atoms with Crippen molar-refractivity contribution in [3.8, 4) is 0 Å². The molecule has 1 heterocycles. The van der Waals surface area contributed by atoms with E-state index in [9.17, 15) is 9.59 Å². The number of carbonyl (C=O) groups is 1. The number of halogens is 1. The Balaban J connectivity index is 2.05. The Morgan fingerprint density at radius 3 is 2.83 bits per heavy atom. The zero-order chi connectivity index (χ0) is 16.4. The van der Waals surface area contributed by atoms with Gasteiger partial charge in [0.15, 0.2) is 0 Å². The summed E-state index contributed by atoms with van der Waals surface area (Å²) in [5, 5.41) is 0.510. The molecule has 0 saturated heterocycles. The third-order valence-corrected chi connectivity index (χ3v) is 3.96. The standard InChI is InChI=1S/C16H13BrN4O2/c17-10-5-6-13-12(8-10)15(22)20-14(19-13)7-9-3-1-2-4-11(9)16(23)21-18/h1-6,8H,7,18H2,(H,21,23)(H,19,20,22). The van der Waals surface area contributed by atoms with Gasteiger partial charge in [-0.1, -0.05) is 34.1 Å². The van der Waals surface area contributed by atoms with Gasteiger partial charge < -0.3 is 4.98 Å². The molecule has 0 radical (unpaired) electrons. The Morgan fingerprint density at radius 2 is 2.04 bits per heavy atom. The molecule has 23 heavy (non-hydrogen) atoms. The number of benzene rings is 2. The predicted octanol–water partition coefficient (Wildman–Crippen LogP) is 1.88. The van der Waals surface area contributed by atoms with Crippen LogP contribution in [-0.2, 0) is 6.42 Å². The first-order valence-corrected chi connectivity index (χ1v) is 7.65. The monoisotopic (exact) mass is 372 g/mol. The number of nitrogen functional groups attached to an aromatic ring is 1. The third-order valence-electron chi connectivity index (χ3n) is 3.47. The summed E-state index contributed by atoms with van der Waals surface area (Å²) in [7, 11) is 0. The van der Waals surface area contributed by atoms with Gasteiger partial charge in [-0.2, -0.15) is 0 Å². The van der Waals surface area contributed by atoms with Crippen molar-refractivity contribution in [2.75, 3.05) is 0 Å². The maximum absolute atomic E-state index is 12.2. The molecular weight excluding hydrogens is 360 g/mol. The van der Waals surface area contributed by atoms with Crippen molar-refractivity contribution in [3.63, 3.8) is 0 Å². The highest BCUT2D eigenvalue weighted by Gasteiger charge is 2.12. The molecular formula is C16H13BrN4O2. The van der Waals surface area contributed by atoms with Crippen LogP contribution in [0.3, 0.4) is 0 Å². The molecule has 6 nitrogen and oxygen atoms in total. The Morgan fingerprint density at radius 1 is 1.26 bits per heavy atom. The minimum Gasteiger partial charge on any atom is -0.310 e. The number of aromatic nitrogens is 2. The number of hydrogen-bond acceptors (Lipinski definition) is 4. The van der Waals surface area contributed by atoms with Gasteiger partial charge in [0.2, 0.25) is 0 Å². The van der Waals surface area contributed by atoms with Gasteiger partial charge in [0.05, 0.1) is 10.9 Å². The van der Waals surface area contributed by atoms with E-state index in [0.29, 0.717) is 28.7 Å². The van der Waals surface area contributed by atoms with Crippen LogP contribution in [0.5, 0.6) is 0 Å². The van der Waals surface area contributed by atoms with E-state index in [-0.39, 0.29) is 11.5 Å². The van der Waals surface area contributed by atoms with Gasteiger partial charge in [-0.05, 0) is 29.8 Å². The molecule has 0 aliphatic carbocycles. The Labute approximate surface area is 139 Å². The van der Waals surface area contributed by atoms with Crippen LogP contribution in [-0.4, -0.2) is 15.9 Å². The van der Waals surface area contributed by atoms with Gasteiger partial charge >= 0.3 is 0 Å². The van der Waals surface area contributed by atoms with E-state index in [1.165, 1.54) is 0 Å². The van der Waals surface area contributed by atoms with E-state index in [1.54, 1.807) is 30.3 Å². The first kappa shape index (κ1) is 15.4. The topological polar surface area (TPSA) is 101 Å². The molecule has 7 heteroatoms. The van der Waals surface area contributed by atoms with E-state index >= 15 is 0 Å². The van der Waals surface area contributed by atoms with Gasteiger partial charge in [0.1, 0.15) is 5.82 Å². The second-order valence-electron chi connectivity index (χ2n) is 4.98. The Bertz CT molecular complexity index is 952. The number of amides is 1. The molecule has 0 fully saturated rings. The highest BCUT2D eigenvalue weighted by molar-refractivity contribution is 9.10. The average molecular weight is 373 g/mol. The van der Waals surface area contributed by atoms with Crippen LogP contribution in [0.4, 0.5) is 0 Å². The van der Waals surface area contributed by atoms with Crippen molar-refractivity contribution >= 4 is 32.7 Å². The molecule has 2 aromatic carbocycles. The molecule has 0 unspecified atom stereocenters. The smallest absolute Gasteiger partial charge is 0.265 e. The molecule has 0 bridgehead atoms. The third kappa shape index (κ3) is 3.15. The fraction of sp³-hybridized carbons (Fsp3) is 0.0625. The lowest BCUT2D eigenvalue weighted by Gasteiger charge is -2.08. The van der Waals surface area contributed by atoms with Crippen LogP contribution in [0.1, 0.15) is 21.7 Å². The molecule has 4 N–H and O–H groups in total. The highest BCUT2D eigenvalue weighted by atomic mass is 79.9. The lowest BCUT2D eigenvalue weighted by atomic mass is 10.0. The number of carbonyl (C=O) groups excluding carboxylic acids is 1. The molecule has 0 saturated carbocycles. The summed E-state index contributed by atoms with van der Waals surface area (Å²) in [5.41, 5.74) is 3.69. The second-order valence-corrected chi connectivity index (χ2v) is 5.90. The van der Waals surface area contributed by atoms with Gasteiger partial charge in [0, 0.05) is 16.5 Å². The normalized spacial score (nSPS) is 10.7. The first-order valence-electron chi connectivity index (χ1n) is 6.86. The van der Waals surface area contributed by atoms with Crippen molar-refractivity contribution < 1.29 is 4.79 Å². The number of fused-ring (bicyclic) bond motifs is 1. The van der Waals surface area contributed by atoms with Gasteiger partial charge in [-0.3, -0.25) is 15.0 Å². The number of hydrazine groups is 1. The maximum Gasteiger partial charge on any atom is 0.265 e. The van der Waals surface area contributed by atoms with Crippen LogP contribution < -0.4 is 16.8 Å². The molecule has 3 rings (SSSR count). The van der Waals surface area contributed by atoms with E-state index in [1.807, 2.05) is 12.1 Å². The second kappa shape index (κ2) is 6.31. The molecule has 3 aromatic rings. The van der Waals surface area contributed by atoms with Crippen molar-refractivity contribution in [2.45, 2.75) is 6.42 Å². The summed E-state index contributed by atoms with van der Waals surface area (Å²) in [6.45, 7) is 0. The van der Waals surface area contributed by atoms with Crippen LogP contribution in [0.2, 0.25) is 0 Å². The SMILES string of the molecule is NNC(=O)c1ccccc1Cc1nc2ccc(Br)cc2c(=O)[nH]1. The number of nitrogens with one attached hydrogen (secondary N) is 2. The number of nitrogens with zero attached hydrogens (tertiary/aromatic N) is 1. The van der Waals surface area contributed by atoms with E-state index in [0.717, 1.165) is 10.0 Å². The lowest BCUT2D eigenvalue weighted by molar-refractivity contribution is 0.0953. The zero-order valence-electron chi connectivity index (χ0n) is 12.0. The summed E-state index contributed by atoms with van der Waals surface area (Å²) in [6, 6.07) is 12.4. The molecule has 0 atom stereocenters. The molecule has 0 spiro atoms. The van der Waals surface area contributed by atoms with Crippen molar-refractivity contribution in [3.05, 3.63) is 74.2 Å². The summed E-state index contributed by atoms with van der Waals surface area (Å²) in [5.74, 6) is 5.31. The highest BCUT2D eigenvalue weighted by Crippen LogP contribution is 2.17. The summed E-state index contributed by atoms with van der Waals surface area (Å²) in [6.07, 6.45) is 0.324. The summed E-state index contributed by atoms with van der Waals surface area (Å²) < 4.78 is 0.815. The number of aromatic amines is 1. The lowest BCUT2D eigenvalue weighted by Crippen LogP contribution is -2.30. The Hall–Kier alpha value is -2.51. The van der Waals surface area contributed by atoms with Crippen LogP contribution in [0.25, 0.3) is 10.9 Å². The Kier molecular flexibility index (Phi) is 4.22. The van der Waals surface area contributed by atoms with Crippen LogP contribution >= 0.6 is 15.9 Å².